The highest BCUT2D eigenvalue weighted by Crippen LogP contribution is 2.31. The molecule has 0 radical (unpaired) electrons. The van der Waals surface area contributed by atoms with Crippen molar-refractivity contribution in [3.8, 4) is 0 Å². The van der Waals surface area contributed by atoms with Crippen molar-refractivity contribution in [2.75, 3.05) is 19.6 Å². The van der Waals surface area contributed by atoms with E-state index in [1.165, 1.54) is 6.07 Å². The van der Waals surface area contributed by atoms with E-state index in [-0.39, 0.29) is 17.0 Å². The Labute approximate surface area is 125 Å². The number of likely N-dealkylation sites (N-methyl/N-ethyl adjacent to an activating group) is 1. The third-order valence-electron chi connectivity index (χ3n) is 3.10. The molecule has 1 aromatic carbocycles. The summed E-state index contributed by atoms with van der Waals surface area (Å²) in [6.07, 6.45) is 0. The summed E-state index contributed by atoms with van der Waals surface area (Å²) in [6, 6.07) is 4.65. The Bertz CT molecular complexity index is 521. The number of nitrogens with zero attached hydrogens (tertiary/aromatic N) is 1. The lowest BCUT2D eigenvalue weighted by atomic mass is 9.85. The molecular weight excluding hydrogens is 270 g/mol. The largest absolute Gasteiger partial charge is 0.351 e. The van der Waals surface area contributed by atoms with Crippen LogP contribution in [0.2, 0.25) is 0 Å². The Morgan fingerprint density at radius 1 is 1.29 bits per heavy atom. The summed E-state index contributed by atoms with van der Waals surface area (Å²) in [5.41, 5.74) is 0.576. The lowest BCUT2D eigenvalue weighted by molar-refractivity contribution is -0.386. The quantitative estimate of drug-likeness (QED) is 0.478. The fourth-order valence-electron chi connectivity index (χ4n) is 2.00. The van der Waals surface area contributed by atoms with E-state index in [1.807, 2.05) is 27.7 Å². The van der Waals surface area contributed by atoms with Gasteiger partial charge in [-0.25, -0.2) is 0 Å². The second kappa shape index (κ2) is 7.17. The Kier molecular flexibility index (Phi) is 5.84. The molecule has 0 aliphatic rings. The highest BCUT2D eigenvalue weighted by Gasteiger charge is 2.25. The predicted octanol–water partition coefficient (Wildman–Crippen LogP) is 2.23. The van der Waals surface area contributed by atoms with Crippen molar-refractivity contribution in [3.05, 3.63) is 39.4 Å². The first-order valence-electron chi connectivity index (χ1n) is 7.05. The van der Waals surface area contributed by atoms with Crippen LogP contribution in [0.5, 0.6) is 0 Å². The van der Waals surface area contributed by atoms with Crippen molar-refractivity contribution in [3.63, 3.8) is 0 Å². The molecule has 1 amide bonds. The summed E-state index contributed by atoms with van der Waals surface area (Å²) in [6.45, 7) is 9.70. The molecule has 0 bridgehead atoms. The molecule has 6 nitrogen and oxygen atoms in total. The normalized spacial score (nSPS) is 11.2. The number of nitro groups is 1. The molecule has 116 valence electrons. The highest BCUT2D eigenvalue weighted by molar-refractivity contribution is 5.95. The Balaban J connectivity index is 2.93. The number of nitrogens with one attached hydrogen (secondary N) is 2. The van der Waals surface area contributed by atoms with Gasteiger partial charge in [0.2, 0.25) is 0 Å². The van der Waals surface area contributed by atoms with Gasteiger partial charge in [-0.05, 0) is 18.0 Å². The van der Waals surface area contributed by atoms with Crippen LogP contribution in [-0.2, 0) is 5.41 Å². The molecule has 0 fully saturated rings. The number of amides is 1. The van der Waals surface area contributed by atoms with Crippen molar-refractivity contribution in [2.24, 2.45) is 0 Å². The average molecular weight is 293 g/mol. The topological polar surface area (TPSA) is 84.3 Å². The summed E-state index contributed by atoms with van der Waals surface area (Å²) in [7, 11) is 0. The van der Waals surface area contributed by atoms with Gasteiger partial charge in [-0.3, -0.25) is 14.9 Å². The maximum atomic E-state index is 12.0. The van der Waals surface area contributed by atoms with Crippen LogP contribution < -0.4 is 10.6 Å². The molecule has 0 aliphatic carbocycles. The molecule has 0 aromatic heterocycles. The molecule has 0 spiro atoms. The smallest absolute Gasteiger partial charge is 0.273 e. The van der Waals surface area contributed by atoms with Crippen molar-refractivity contribution in [1.82, 2.24) is 10.6 Å². The van der Waals surface area contributed by atoms with Gasteiger partial charge in [0.25, 0.3) is 11.6 Å². The molecule has 0 atom stereocenters. The van der Waals surface area contributed by atoms with Crippen molar-refractivity contribution < 1.29 is 9.72 Å². The zero-order chi connectivity index (χ0) is 16.0. The van der Waals surface area contributed by atoms with Crippen LogP contribution in [0.4, 0.5) is 5.69 Å². The number of carbonyl (C=O) groups is 1. The summed E-state index contributed by atoms with van der Waals surface area (Å²) >= 11 is 0. The summed E-state index contributed by atoms with van der Waals surface area (Å²) in [5.74, 6) is -0.295. The molecule has 1 rings (SSSR count). The summed E-state index contributed by atoms with van der Waals surface area (Å²) in [5, 5.41) is 17.0. The van der Waals surface area contributed by atoms with Gasteiger partial charge < -0.3 is 10.6 Å². The third-order valence-corrected chi connectivity index (χ3v) is 3.10. The molecule has 2 N–H and O–H groups in total. The molecule has 0 saturated heterocycles. The fraction of sp³-hybridized carbons (Fsp3) is 0.533. The van der Waals surface area contributed by atoms with Crippen LogP contribution in [0.1, 0.15) is 43.6 Å². The Morgan fingerprint density at radius 2 is 1.95 bits per heavy atom. The molecule has 6 heteroatoms. The first-order valence-corrected chi connectivity index (χ1v) is 7.05. The number of hydrogen-bond donors (Lipinski definition) is 2. The molecule has 0 saturated carbocycles. The second-order valence-corrected chi connectivity index (χ2v) is 5.85. The van der Waals surface area contributed by atoms with Crippen LogP contribution in [0.3, 0.4) is 0 Å². The van der Waals surface area contributed by atoms with Crippen molar-refractivity contribution in [2.45, 2.75) is 33.1 Å². The van der Waals surface area contributed by atoms with Crippen molar-refractivity contribution in [1.29, 1.82) is 0 Å². The standard InChI is InChI=1S/C15H23N3O3/c1-5-16-8-9-17-14(19)11-6-7-12(15(2,3)4)13(10-11)18(20)21/h6-7,10,16H,5,8-9H2,1-4H3,(H,17,19). The van der Waals surface area contributed by atoms with Crippen LogP contribution in [-0.4, -0.2) is 30.5 Å². The van der Waals surface area contributed by atoms with Crippen LogP contribution in [0.15, 0.2) is 18.2 Å². The SMILES string of the molecule is CCNCCNC(=O)c1ccc(C(C)(C)C)c([N+](=O)[O-])c1. The van der Waals surface area contributed by atoms with Crippen LogP contribution >= 0.6 is 0 Å². The molecule has 21 heavy (non-hydrogen) atoms. The van der Waals surface area contributed by atoms with Gasteiger partial charge in [-0.1, -0.05) is 33.8 Å². The first-order chi connectivity index (χ1) is 9.77. The molecule has 1 aromatic rings. The second-order valence-electron chi connectivity index (χ2n) is 5.85. The fourth-order valence-corrected chi connectivity index (χ4v) is 2.00. The van der Waals surface area contributed by atoms with E-state index in [0.717, 1.165) is 6.54 Å². The van der Waals surface area contributed by atoms with E-state index in [1.54, 1.807) is 12.1 Å². The van der Waals surface area contributed by atoms with E-state index in [9.17, 15) is 14.9 Å². The van der Waals surface area contributed by atoms with Gasteiger partial charge in [0.05, 0.1) is 4.92 Å². The average Bonchev–Trinajstić information content (AvgIpc) is 2.41. The van der Waals surface area contributed by atoms with Gasteiger partial charge >= 0.3 is 0 Å². The minimum Gasteiger partial charge on any atom is -0.351 e. The first kappa shape index (κ1) is 17.1. The van der Waals surface area contributed by atoms with Crippen LogP contribution in [0.25, 0.3) is 0 Å². The van der Waals surface area contributed by atoms with Gasteiger partial charge in [0, 0.05) is 30.3 Å². The van der Waals surface area contributed by atoms with Crippen LogP contribution in [0, 0.1) is 10.1 Å². The van der Waals surface area contributed by atoms with E-state index in [2.05, 4.69) is 10.6 Å². The van der Waals surface area contributed by atoms with Gasteiger partial charge in [-0.15, -0.1) is 0 Å². The molecule has 0 unspecified atom stereocenters. The maximum absolute atomic E-state index is 12.0. The number of benzene rings is 1. The molecular formula is C15H23N3O3. The van der Waals surface area contributed by atoms with Crippen molar-refractivity contribution >= 4 is 11.6 Å². The number of nitro benzene ring substituents is 1. The van der Waals surface area contributed by atoms with E-state index < -0.39 is 4.92 Å². The monoisotopic (exact) mass is 293 g/mol. The maximum Gasteiger partial charge on any atom is 0.273 e. The van der Waals surface area contributed by atoms with Gasteiger partial charge in [0.1, 0.15) is 0 Å². The van der Waals surface area contributed by atoms with Gasteiger partial charge in [-0.2, -0.15) is 0 Å². The van der Waals surface area contributed by atoms with Gasteiger partial charge in [0.15, 0.2) is 0 Å². The highest BCUT2D eigenvalue weighted by atomic mass is 16.6. The molecule has 0 heterocycles. The lowest BCUT2D eigenvalue weighted by Crippen LogP contribution is -2.31. The summed E-state index contributed by atoms with van der Waals surface area (Å²) in [4.78, 5) is 22.8. The third kappa shape index (κ3) is 4.82. The summed E-state index contributed by atoms with van der Waals surface area (Å²) < 4.78 is 0. The minimum absolute atomic E-state index is 0.0122. The van der Waals surface area contributed by atoms with E-state index >= 15 is 0 Å². The Hall–Kier alpha value is -1.95. The zero-order valence-electron chi connectivity index (χ0n) is 13.0. The molecule has 0 aliphatic heterocycles. The number of carbonyl (C=O) groups excluding carboxylic acids is 1. The number of hydrogen-bond acceptors (Lipinski definition) is 4. The number of rotatable bonds is 6. The van der Waals surface area contributed by atoms with E-state index in [4.69, 9.17) is 0 Å². The van der Waals surface area contributed by atoms with E-state index in [0.29, 0.717) is 24.2 Å². The lowest BCUT2D eigenvalue weighted by Gasteiger charge is -2.19. The minimum atomic E-state index is -0.435. The Morgan fingerprint density at radius 3 is 2.48 bits per heavy atom. The zero-order valence-corrected chi connectivity index (χ0v) is 13.0. The predicted molar refractivity (Wildman–Crippen MR) is 82.7 cm³/mol.